The van der Waals surface area contributed by atoms with Crippen molar-refractivity contribution in [2.75, 3.05) is 13.2 Å². The van der Waals surface area contributed by atoms with Crippen molar-refractivity contribution >= 4 is 17.4 Å². The summed E-state index contributed by atoms with van der Waals surface area (Å²) in [5, 5.41) is 11.5. The minimum atomic E-state index is -0.860. The molecule has 2 aliphatic rings. The molecule has 0 bridgehead atoms. The Morgan fingerprint density at radius 1 is 1.18 bits per heavy atom. The van der Waals surface area contributed by atoms with Crippen LogP contribution in [-0.4, -0.2) is 46.0 Å². The number of hydrogen-bond donors (Lipinski definition) is 1. The van der Waals surface area contributed by atoms with Gasteiger partial charge >= 0.3 is 0 Å². The summed E-state index contributed by atoms with van der Waals surface area (Å²) < 4.78 is 17.4. The number of pyridine rings is 1. The van der Waals surface area contributed by atoms with E-state index < -0.39 is 17.7 Å². The Hall–Kier alpha value is -4.59. The van der Waals surface area contributed by atoms with Crippen LogP contribution in [0, 0.1) is 0 Å². The number of Topliss-reactive ketones (excluding diaryl/α,β-unsaturated/α-hetero) is 1. The lowest BCUT2D eigenvalue weighted by atomic mass is 9.94. The van der Waals surface area contributed by atoms with E-state index in [4.69, 9.17) is 14.2 Å². The number of fused-ring (bicyclic) bond motifs is 1. The number of carbonyl (C=O) groups excluding carboxylic acids is 2. The first-order valence-corrected chi connectivity index (χ1v) is 12.9. The van der Waals surface area contributed by atoms with Gasteiger partial charge in [-0.15, -0.1) is 0 Å². The normalized spacial score (nSPS) is 19.5. The zero-order valence-electron chi connectivity index (χ0n) is 21.9. The summed E-state index contributed by atoms with van der Waals surface area (Å²) in [6.07, 6.45) is 5.65. The monoisotopic (exact) mass is 526 g/mol. The fourth-order valence-electron chi connectivity index (χ4n) is 5.03. The van der Waals surface area contributed by atoms with Crippen LogP contribution in [-0.2, 0) is 22.6 Å². The van der Waals surface area contributed by atoms with Gasteiger partial charge in [-0.25, -0.2) is 0 Å². The van der Waals surface area contributed by atoms with Crippen molar-refractivity contribution in [2.45, 2.75) is 39.0 Å². The SMILES string of the molecule is C=CCOc1ccc(C2/C(=C(/O)c3ccc4c(c3)CC(C)O4)C(=O)C(=O)N2Cc2cccnc2)cc1OCC. The number of rotatable bonds is 9. The van der Waals surface area contributed by atoms with Crippen LogP contribution in [0.4, 0.5) is 0 Å². The molecular weight excluding hydrogens is 496 g/mol. The van der Waals surface area contributed by atoms with Crippen LogP contribution in [0.15, 0.2) is 79.2 Å². The van der Waals surface area contributed by atoms with E-state index in [1.807, 2.05) is 26.0 Å². The summed E-state index contributed by atoms with van der Waals surface area (Å²) in [6.45, 7) is 8.33. The minimum Gasteiger partial charge on any atom is -0.507 e. The Balaban J connectivity index is 1.64. The molecule has 3 heterocycles. The van der Waals surface area contributed by atoms with Crippen LogP contribution < -0.4 is 14.2 Å². The number of ketones is 1. The number of likely N-dealkylation sites (tertiary alicyclic amines) is 1. The van der Waals surface area contributed by atoms with Gasteiger partial charge in [-0.05, 0) is 66.9 Å². The first kappa shape index (κ1) is 26.0. The summed E-state index contributed by atoms with van der Waals surface area (Å²) in [6, 6.07) is 13.3. The maximum absolute atomic E-state index is 13.5. The molecule has 2 unspecified atom stereocenters. The van der Waals surface area contributed by atoms with Crippen molar-refractivity contribution in [3.8, 4) is 17.2 Å². The van der Waals surface area contributed by atoms with Crippen LogP contribution in [0.2, 0.25) is 0 Å². The number of hydrogen-bond acceptors (Lipinski definition) is 7. The van der Waals surface area contributed by atoms with Gasteiger partial charge in [0.05, 0.1) is 18.2 Å². The number of aliphatic hydroxyl groups excluding tert-OH is 1. The number of nitrogens with zero attached hydrogens (tertiary/aromatic N) is 2. The topological polar surface area (TPSA) is 98.2 Å². The second kappa shape index (κ2) is 11.0. The maximum Gasteiger partial charge on any atom is 0.295 e. The van der Waals surface area contributed by atoms with E-state index in [2.05, 4.69) is 11.6 Å². The second-order valence-electron chi connectivity index (χ2n) is 9.48. The third-order valence-corrected chi connectivity index (χ3v) is 6.73. The number of ether oxygens (including phenoxy) is 3. The highest BCUT2D eigenvalue weighted by Gasteiger charge is 2.46. The van der Waals surface area contributed by atoms with Crippen LogP contribution in [0.3, 0.4) is 0 Å². The Kier molecular flexibility index (Phi) is 7.36. The number of benzene rings is 2. The van der Waals surface area contributed by atoms with Gasteiger partial charge in [0.1, 0.15) is 24.2 Å². The smallest absolute Gasteiger partial charge is 0.295 e. The molecular formula is C31H30N2O6. The van der Waals surface area contributed by atoms with E-state index in [-0.39, 0.29) is 24.0 Å². The molecule has 1 saturated heterocycles. The number of amides is 1. The van der Waals surface area contributed by atoms with Gasteiger partial charge in [-0.3, -0.25) is 14.6 Å². The van der Waals surface area contributed by atoms with E-state index in [1.54, 1.807) is 54.9 Å². The van der Waals surface area contributed by atoms with Crippen LogP contribution in [0.5, 0.6) is 17.2 Å². The molecule has 0 spiro atoms. The van der Waals surface area contributed by atoms with Gasteiger partial charge in [-0.2, -0.15) is 0 Å². The van der Waals surface area contributed by atoms with E-state index >= 15 is 0 Å². The maximum atomic E-state index is 13.5. The summed E-state index contributed by atoms with van der Waals surface area (Å²) in [5.74, 6) is 0.0401. The van der Waals surface area contributed by atoms with Crippen molar-refractivity contribution in [2.24, 2.45) is 0 Å². The molecule has 8 nitrogen and oxygen atoms in total. The van der Waals surface area contributed by atoms with Gasteiger partial charge in [0.25, 0.3) is 11.7 Å². The van der Waals surface area contributed by atoms with Gasteiger partial charge in [0.15, 0.2) is 11.5 Å². The van der Waals surface area contributed by atoms with Crippen LogP contribution in [0.1, 0.15) is 42.1 Å². The van der Waals surface area contributed by atoms with Crippen molar-refractivity contribution in [1.82, 2.24) is 9.88 Å². The van der Waals surface area contributed by atoms with Crippen molar-refractivity contribution < 1.29 is 28.9 Å². The fraction of sp³-hybridized carbons (Fsp3) is 0.258. The van der Waals surface area contributed by atoms with E-state index in [9.17, 15) is 14.7 Å². The molecule has 5 rings (SSSR count). The zero-order chi connectivity index (χ0) is 27.5. The molecule has 200 valence electrons. The Morgan fingerprint density at radius 3 is 2.77 bits per heavy atom. The van der Waals surface area contributed by atoms with Crippen molar-refractivity contribution in [1.29, 1.82) is 0 Å². The fourth-order valence-corrected chi connectivity index (χ4v) is 5.03. The molecule has 0 aliphatic carbocycles. The molecule has 3 aromatic rings. The predicted molar refractivity (Wildman–Crippen MR) is 146 cm³/mol. The lowest BCUT2D eigenvalue weighted by molar-refractivity contribution is -0.140. The number of aliphatic hydroxyl groups is 1. The quantitative estimate of drug-likeness (QED) is 0.182. The predicted octanol–water partition coefficient (Wildman–Crippen LogP) is 4.99. The highest BCUT2D eigenvalue weighted by Crippen LogP contribution is 2.43. The molecule has 0 saturated carbocycles. The molecule has 1 N–H and O–H groups in total. The standard InChI is InChI=1S/C31H30N2O6/c1-4-13-38-25-11-8-21(16-26(25)37-5-2)28-27(29(34)22-9-10-24-23(15-22)14-19(3)39-24)30(35)31(36)33(28)18-20-7-6-12-32-17-20/h4,6-12,15-17,19,28,34H,1,5,13-14,18H2,2-3H3/b29-27-. The Labute approximate surface area is 227 Å². The van der Waals surface area contributed by atoms with Crippen LogP contribution in [0.25, 0.3) is 5.76 Å². The first-order valence-electron chi connectivity index (χ1n) is 12.9. The molecule has 0 radical (unpaired) electrons. The highest BCUT2D eigenvalue weighted by atomic mass is 16.5. The summed E-state index contributed by atoms with van der Waals surface area (Å²) >= 11 is 0. The number of aromatic nitrogens is 1. The van der Waals surface area contributed by atoms with E-state index in [0.29, 0.717) is 42.3 Å². The van der Waals surface area contributed by atoms with Gasteiger partial charge in [0, 0.05) is 30.9 Å². The minimum absolute atomic E-state index is 0.0120. The molecule has 1 amide bonds. The third-order valence-electron chi connectivity index (χ3n) is 6.73. The summed E-state index contributed by atoms with van der Waals surface area (Å²) in [7, 11) is 0. The molecule has 1 aromatic heterocycles. The van der Waals surface area contributed by atoms with E-state index in [1.165, 1.54) is 4.90 Å². The van der Waals surface area contributed by atoms with Crippen molar-refractivity contribution in [3.63, 3.8) is 0 Å². The number of carbonyl (C=O) groups is 2. The lowest BCUT2D eigenvalue weighted by Crippen LogP contribution is -2.29. The largest absolute Gasteiger partial charge is 0.507 e. The average Bonchev–Trinajstić information content (AvgIpc) is 3.43. The van der Waals surface area contributed by atoms with Gasteiger partial charge in [0.2, 0.25) is 0 Å². The highest BCUT2D eigenvalue weighted by molar-refractivity contribution is 6.46. The van der Waals surface area contributed by atoms with Crippen molar-refractivity contribution in [3.05, 3.63) is 101 Å². The second-order valence-corrected chi connectivity index (χ2v) is 9.48. The molecule has 1 fully saturated rings. The summed E-state index contributed by atoms with van der Waals surface area (Å²) in [5.41, 5.74) is 2.76. The summed E-state index contributed by atoms with van der Waals surface area (Å²) in [4.78, 5) is 32.5. The van der Waals surface area contributed by atoms with E-state index in [0.717, 1.165) is 16.9 Å². The molecule has 8 heteroatoms. The Morgan fingerprint density at radius 2 is 2.03 bits per heavy atom. The Bertz CT molecular complexity index is 1450. The molecule has 39 heavy (non-hydrogen) atoms. The van der Waals surface area contributed by atoms with Crippen LogP contribution >= 0.6 is 0 Å². The molecule has 2 atom stereocenters. The molecule has 2 aliphatic heterocycles. The van der Waals surface area contributed by atoms with Gasteiger partial charge in [-0.1, -0.05) is 24.8 Å². The average molecular weight is 527 g/mol. The lowest BCUT2D eigenvalue weighted by Gasteiger charge is -2.26. The molecule has 2 aromatic carbocycles. The van der Waals surface area contributed by atoms with Gasteiger partial charge < -0.3 is 24.2 Å². The zero-order valence-corrected chi connectivity index (χ0v) is 21.9. The first-order chi connectivity index (χ1) is 18.9. The third kappa shape index (κ3) is 5.10.